The van der Waals surface area contributed by atoms with Gasteiger partial charge in [0.2, 0.25) is 0 Å². The van der Waals surface area contributed by atoms with Crippen LogP contribution in [0.4, 0.5) is 5.82 Å². The summed E-state index contributed by atoms with van der Waals surface area (Å²) in [6.45, 7) is 4.25. The van der Waals surface area contributed by atoms with Gasteiger partial charge in [0.25, 0.3) is 0 Å². The summed E-state index contributed by atoms with van der Waals surface area (Å²) in [4.78, 5) is 16.8. The van der Waals surface area contributed by atoms with Crippen LogP contribution in [0.15, 0.2) is 42.0 Å². The zero-order valence-corrected chi connectivity index (χ0v) is 15.7. The van der Waals surface area contributed by atoms with E-state index in [2.05, 4.69) is 27.4 Å². The van der Waals surface area contributed by atoms with Crippen molar-refractivity contribution in [3.8, 4) is 0 Å². The van der Waals surface area contributed by atoms with Crippen LogP contribution in [0.1, 0.15) is 43.7 Å². The molecule has 25 heavy (non-hydrogen) atoms. The fourth-order valence-corrected chi connectivity index (χ4v) is 2.95. The lowest BCUT2D eigenvalue weighted by atomic mass is 9.82. The van der Waals surface area contributed by atoms with E-state index >= 15 is 0 Å². The van der Waals surface area contributed by atoms with Crippen LogP contribution in [0.5, 0.6) is 0 Å². The van der Waals surface area contributed by atoms with Crippen molar-refractivity contribution >= 4 is 36.6 Å². The number of carbonyl (C=O) groups excluding carboxylic acids is 1. The van der Waals surface area contributed by atoms with E-state index in [9.17, 15) is 4.79 Å². The molecule has 2 aromatic heterocycles. The first-order chi connectivity index (χ1) is 11.3. The summed E-state index contributed by atoms with van der Waals surface area (Å²) in [6, 6.07) is 3.85. The quantitative estimate of drug-likeness (QED) is 0.765. The molecule has 0 radical (unpaired) electrons. The van der Waals surface area contributed by atoms with Crippen molar-refractivity contribution in [2.75, 3.05) is 11.9 Å². The fourth-order valence-electron chi connectivity index (χ4n) is 2.95. The normalized spacial score (nSPS) is 15.4. The van der Waals surface area contributed by atoms with E-state index in [1.54, 1.807) is 18.6 Å². The van der Waals surface area contributed by atoms with E-state index in [1.165, 1.54) is 0 Å². The van der Waals surface area contributed by atoms with E-state index < -0.39 is 0 Å². The van der Waals surface area contributed by atoms with Crippen molar-refractivity contribution in [3.63, 3.8) is 0 Å². The highest BCUT2D eigenvalue weighted by Crippen LogP contribution is 2.41. The Labute approximate surface area is 159 Å². The number of fused-ring (bicyclic) bond motifs is 1. The van der Waals surface area contributed by atoms with Crippen molar-refractivity contribution < 1.29 is 9.53 Å². The molecule has 2 N–H and O–H groups in total. The standard InChI is InChI=1S/C17H20N4O2.2ClH/c1-3-6-13-15(17(22)23-4-2)14(11-7-5-8-18-9-11)12-10-19-21-16(12)20-13;;/h5,7-10,14H,3-4,6H2,1-2H3,(H2,19,20,21);2*1H. The van der Waals surface area contributed by atoms with E-state index in [1.807, 2.05) is 19.1 Å². The Hall–Kier alpha value is -2.05. The summed E-state index contributed by atoms with van der Waals surface area (Å²) in [7, 11) is 0. The van der Waals surface area contributed by atoms with Gasteiger partial charge in [0.05, 0.1) is 18.4 Å². The number of rotatable bonds is 5. The number of hydrogen-bond acceptors (Lipinski definition) is 5. The van der Waals surface area contributed by atoms with E-state index in [0.717, 1.165) is 35.5 Å². The van der Waals surface area contributed by atoms with Crippen LogP contribution in [-0.4, -0.2) is 27.8 Å². The molecular formula is C17H22Cl2N4O2. The largest absolute Gasteiger partial charge is 0.463 e. The van der Waals surface area contributed by atoms with Gasteiger partial charge in [0, 0.05) is 29.6 Å². The Morgan fingerprint density at radius 2 is 2.08 bits per heavy atom. The molecule has 3 heterocycles. The summed E-state index contributed by atoms with van der Waals surface area (Å²) < 4.78 is 5.31. The minimum Gasteiger partial charge on any atom is -0.463 e. The van der Waals surface area contributed by atoms with Gasteiger partial charge >= 0.3 is 5.97 Å². The van der Waals surface area contributed by atoms with Gasteiger partial charge in [-0.25, -0.2) is 4.79 Å². The first kappa shape index (κ1) is 21.0. The van der Waals surface area contributed by atoms with Crippen molar-refractivity contribution in [2.45, 2.75) is 32.6 Å². The molecule has 2 aromatic rings. The highest BCUT2D eigenvalue weighted by atomic mass is 35.5. The third-order valence-electron chi connectivity index (χ3n) is 3.88. The number of nitrogens with zero attached hydrogens (tertiary/aromatic N) is 2. The van der Waals surface area contributed by atoms with Crippen LogP contribution in [0.3, 0.4) is 0 Å². The molecular weight excluding hydrogens is 363 g/mol. The third kappa shape index (κ3) is 4.14. The molecule has 136 valence electrons. The number of halogens is 2. The zero-order chi connectivity index (χ0) is 16.2. The summed E-state index contributed by atoms with van der Waals surface area (Å²) in [5.41, 5.74) is 3.42. The van der Waals surface area contributed by atoms with Crippen LogP contribution >= 0.6 is 24.8 Å². The number of aromatic nitrogens is 3. The molecule has 0 saturated heterocycles. The molecule has 0 bridgehead atoms. The maximum absolute atomic E-state index is 12.6. The smallest absolute Gasteiger partial charge is 0.336 e. The van der Waals surface area contributed by atoms with E-state index in [-0.39, 0.29) is 36.7 Å². The minimum atomic E-state index is -0.288. The Balaban J connectivity index is 0.00000156. The number of pyridine rings is 1. The number of esters is 1. The molecule has 1 aliphatic heterocycles. The number of allylic oxidation sites excluding steroid dienone is 1. The number of nitrogens with one attached hydrogen (secondary N) is 2. The summed E-state index contributed by atoms with van der Waals surface area (Å²) in [5.74, 6) is 0.318. The predicted octanol–water partition coefficient (Wildman–Crippen LogP) is 3.82. The molecule has 0 aliphatic carbocycles. The molecule has 0 saturated carbocycles. The van der Waals surface area contributed by atoms with Crippen LogP contribution < -0.4 is 5.32 Å². The Bertz CT molecular complexity index is 731. The lowest BCUT2D eigenvalue weighted by Crippen LogP contribution is -2.25. The molecule has 0 spiro atoms. The topological polar surface area (TPSA) is 79.9 Å². The van der Waals surface area contributed by atoms with Gasteiger partial charge in [0.1, 0.15) is 5.82 Å². The lowest BCUT2D eigenvalue weighted by Gasteiger charge is -2.28. The second kappa shape index (κ2) is 9.44. The van der Waals surface area contributed by atoms with Gasteiger partial charge in [-0.2, -0.15) is 5.10 Å². The van der Waals surface area contributed by atoms with Gasteiger partial charge in [-0.1, -0.05) is 19.4 Å². The van der Waals surface area contributed by atoms with Crippen molar-refractivity contribution in [3.05, 3.63) is 53.1 Å². The lowest BCUT2D eigenvalue weighted by molar-refractivity contribution is -0.138. The molecule has 0 aromatic carbocycles. The van der Waals surface area contributed by atoms with Crippen LogP contribution in [0.25, 0.3) is 0 Å². The maximum atomic E-state index is 12.6. The van der Waals surface area contributed by atoms with Gasteiger partial charge in [-0.3, -0.25) is 10.1 Å². The van der Waals surface area contributed by atoms with Crippen LogP contribution in [-0.2, 0) is 9.53 Å². The second-order valence-electron chi connectivity index (χ2n) is 5.41. The number of anilines is 1. The van der Waals surface area contributed by atoms with Gasteiger partial charge in [-0.15, -0.1) is 24.8 Å². The van der Waals surface area contributed by atoms with Crippen molar-refractivity contribution in [1.82, 2.24) is 15.2 Å². The zero-order valence-electron chi connectivity index (χ0n) is 14.1. The average molecular weight is 385 g/mol. The Kier molecular flexibility index (Phi) is 7.93. The maximum Gasteiger partial charge on any atom is 0.336 e. The molecule has 1 atom stereocenters. The monoisotopic (exact) mass is 384 g/mol. The highest BCUT2D eigenvalue weighted by molar-refractivity contribution is 5.94. The Morgan fingerprint density at radius 1 is 1.28 bits per heavy atom. The molecule has 8 heteroatoms. The van der Waals surface area contributed by atoms with Gasteiger partial charge in [0.15, 0.2) is 0 Å². The van der Waals surface area contributed by atoms with Crippen molar-refractivity contribution in [1.29, 1.82) is 0 Å². The van der Waals surface area contributed by atoms with E-state index in [0.29, 0.717) is 12.2 Å². The Morgan fingerprint density at radius 3 is 2.72 bits per heavy atom. The first-order valence-electron chi connectivity index (χ1n) is 7.86. The SMILES string of the molecule is CCCC1=C(C(=O)OCC)C(c2cccnc2)c2cn[nH]c2N1.Cl.Cl. The average Bonchev–Trinajstić information content (AvgIpc) is 3.03. The molecule has 6 nitrogen and oxygen atoms in total. The number of aromatic amines is 1. The molecule has 1 unspecified atom stereocenters. The third-order valence-corrected chi connectivity index (χ3v) is 3.88. The fraction of sp³-hybridized carbons (Fsp3) is 0.353. The number of hydrogen-bond donors (Lipinski definition) is 2. The highest BCUT2D eigenvalue weighted by Gasteiger charge is 2.35. The van der Waals surface area contributed by atoms with Gasteiger partial charge < -0.3 is 10.1 Å². The summed E-state index contributed by atoms with van der Waals surface area (Å²) in [5, 5.41) is 10.4. The molecule has 1 aliphatic rings. The van der Waals surface area contributed by atoms with Crippen molar-refractivity contribution in [2.24, 2.45) is 0 Å². The van der Waals surface area contributed by atoms with Crippen LogP contribution in [0, 0.1) is 0 Å². The minimum absolute atomic E-state index is 0. The number of H-pyrrole nitrogens is 1. The van der Waals surface area contributed by atoms with Crippen LogP contribution in [0.2, 0.25) is 0 Å². The summed E-state index contributed by atoms with van der Waals surface area (Å²) in [6.07, 6.45) is 6.96. The van der Waals surface area contributed by atoms with E-state index in [4.69, 9.17) is 4.74 Å². The molecule has 3 rings (SSSR count). The number of carbonyl (C=O) groups is 1. The predicted molar refractivity (Wildman–Crippen MR) is 101 cm³/mol. The second-order valence-corrected chi connectivity index (χ2v) is 5.41. The van der Waals surface area contributed by atoms with Gasteiger partial charge in [-0.05, 0) is 25.0 Å². The summed E-state index contributed by atoms with van der Waals surface area (Å²) >= 11 is 0. The molecule has 0 fully saturated rings. The molecule has 0 amide bonds. The first-order valence-corrected chi connectivity index (χ1v) is 7.86. The number of ether oxygens (including phenoxy) is 1.